The Morgan fingerprint density at radius 2 is 1.88 bits per heavy atom. The van der Waals surface area contributed by atoms with Gasteiger partial charge in [-0.3, -0.25) is 9.69 Å². The van der Waals surface area contributed by atoms with E-state index in [1.54, 1.807) is 19.2 Å². The van der Waals surface area contributed by atoms with Gasteiger partial charge in [0, 0.05) is 47.7 Å². The van der Waals surface area contributed by atoms with Crippen molar-refractivity contribution in [2.24, 2.45) is 39.9 Å². The standard InChI is InChI=1S/C35H39NO5/c1-21-16-34-17-27-29-33(20-41-32(39)23-7-4-3-5-8-23,19-36(27)18-22-9-11-24(40-2)12-10-22)13-6-14-35(29)30(34)28(37)25(21)15-26(34)31(35)38/h3-5,7-12,25-30,37H,1,6,13-20H2,2H3/t25?,26-,27-,28+,29-,30?,33-,34+,35?/m1/s1. The van der Waals surface area contributed by atoms with Crippen LogP contribution in [-0.4, -0.2) is 54.2 Å². The Labute approximate surface area is 241 Å². The number of ketones is 1. The normalized spacial score (nSPS) is 41.8. The van der Waals surface area contributed by atoms with Crippen LogP contribution in [0.25, 0.3) is 0 Å². The summed E-state index contributed by atoms with van der Waals surface area (Å²) in [6.45, 7) is 6.30. The minimum absolute atomic E-state index is 0.0107. The molecule has 2 aromatic carbocycles. The maximum absolute atomic E-state index is 14.7. The summed E-state index contributed by atoms with van der Waals surface area (Å²) in [5.41, 5.74) is 1.85. The number of Topliss-reactive ketones (excluding diaryl/α,β-unsaturated/α-hetero) is 1. The van der Waals surface area contributed by atoms with Crippen LogP contribution in [0.5, 0.6) is 5.75 Å². The Kier molecular flexibility index (Phi) is 5.51. The van der Waals surface area contributed by atoms with Gasteiger partial charge in [0.1, 0.15) is 11.5 Å². The predicted octanol–water partition coefficient (Wildman–Crippen LogP) is 5.06. The molecule has 5 bridgehead atoms. The molecule has 3 unspecified atom stereocenters. The third-order valence-electron chi connectivity index (χ3n) is 12.5. The summed E-state index contributed by atoms with van der Waals surface area (Å²) in [5, 5.41) is 11.9. The van der Waals surface area contributed by atoms with E-state index in [1.165, 1.54) is 5.56 Å². The minimum atomic E-state index is -0.547. The quantitative estimate of drug-likeness (QED) is 0.398. The SMILES string of the molecule is C=C1C[C@]23C[C@@H]4[C@H]5C6(CCC[C@]5(COC(=O)c5ccccc5)CN4Cc4ccc(OC)cc4)C(=O)[C@H]2CC1[C@H](O)C63. The average Bonchev–Trinajstić information content (AvgIpc) is 3.32. The number of ether oxygens (including phenoxy) is 2. The maximum Gasteiger partial charge on any atom is 0.338 e. The number of likely N-dealkylation sites (tertiary alicyclic amines) is 1. The highest BCUT2D eigenvalue weighted by atomic mass is 16.5. The number of hydrogen-bond acceptors (Lipinski definition) is 6. The third-order valence-corrected chi connectivity index (χ3v) is 12.5. The van der Waals surface area contributed by atoms with Crippen LogP contribution in [0.4, 0.5) is 0 Å². The summed E-state index contributed by atoms with van der Waals surface area (Å²) in [6, 6.07) is 17.7. The molecule has 2 spiro atoms. The van der Waals surface area contributed by atoms with Crippen LogP contribution in [0.2, 0.25) is 0 Å². The van der Waals surface area contributed by atoms with E-state index in [0.717, 1.165) is 62.9 Å². The second-order valence-electron chi connectivity index (χ2n) is 14.0. The van der Waals surface area contributed by atoms with Crippen LogP contribution in [0.1, 0.15) is 54.4 Å². The van der Waals surface area contributed by atoms with Crippen molar-refractivity contribution in [3.63, 3.8) is 0 Å². The Balaban J connectivity index is 1.21. The molecule has 0 radical (unpaired) electrons. The molecule has 1 heterocycles. The maximum atomic E-state index is 14.7. The van der Waals surface area contributed by atoms with Gasteiger partial charge in [0.15, 0.2) is 0 Å². The van der Waals surface area contributed by atoms with E-state index >= 15 is 0 Å². The molecule has 1 aliphatic heterocycles. The third kappa shape index (κ3) is 3.26. The van der Waals surface area contributed by atoms with Gasteiger partial charge in [0.05, 0.1) is 25.4 Å². The van der Waals surface area contributed by atoms with Crippen molar-refractivity contribution in [2.45, 2.75) is 57.2 Å². The van der Waals surface area contributed by atoms with Gasteiger partial charge in [-0.1, -0.05) is 48.9 Å². The summed E-state index contributed by atoms with van der Waals surface area (Å²) in [7, 11) is 1.68. The summed E-state index contributed by atoms with van der Waals surface area (Å²) >= 11 is 0. The molecular formula is C35H39NO5. The van der Waals surface area contributed by atoms with E-state index in [9.17, 15) is 14.7 Å². The topological polar surface area (TPSA) is 76.1 Å². The van der Waals surface area contributed by atoms with E-state index in [4.69, 9.17) is 9.47 Å². The van der Waals surface area contributed by atoms with E-state index < -0.39 is 11.5 Å². The first-order valence-corrected chi connectivity index (χ1v) is 15.3. The number of aliphatic hydroxyl groups excluding tert-OH is 1. The lowest BCUT2D eigenvalue weighted by Crippen LogP contribution is -2.65. The van der Waals surface area contributed by atoms with Crippen molar-refractivity contribution < 1.29 is 24.2 Å². The Bertz CT molecular complexity index is 1420. The zero-order valence-corrected chi connectivity index (χ0v) is 23.8. The highest BCUT2D eigenvalue weighted by Crippen LogP contribution is 2.81. The molecule has 214 valence electrons. The zero-order valence-electron chi connectivity index (χ0n) is 23.8. The monoisotopic (exact) mass is 553 g/mol. The smallest absolute Gasteiger partial charge is 0.338 e. The number of carbonyl (C=O) groups excluding carboxylic acids is 2. The molecule has 6 nitrogen and oxygen atoms in total. The fourth-order valence-electron chi connectivity index (χ4n) is 11.3. The number of carbonyl (C=O) groups is 2. The Morgan fingerprint density at radius 1 is 1.10 bits per heavy atom. The molecule has 7 aliphatic rings. The first kappa shape index (κ1) is 25.7. The van der Waals surface area contributed by atoms with Crippen molar-refractivity contribution in [1.29, 1.82) is 0 Å². The van der Waals surface area contributed by atoms with Gasteiger partial charge in [-0.05, 0) is 73.3 Å². The number of methoxy groups -OCH3 is 1. The molecule has 41 heavy (non-hydrogen) atoms. The van der Waals surface area contributed by atoms with Gasteiger partial charge in [-0.15, -0.1) is 0 Å². The summed E-state index contributed by atoms with van der Waals surface area (Å²) in [4.78, 5) is 30.5. The number of hydrogen-bond donors (Lipinski definition) is 1. The lowest BCUT2D eigenvalue weighted by molar-refractivity contribution is -0.190. The number of rotatable bonds is 6. The van der Waals surface area contributed by atoms with Crippen molar-refractivity contribution in [2.75, 3.05) is 20.3 Å². The molecule has 1 N–H and O–H groups in total. The highest BCUT2D eigenvalue weighted by Gasteiger charge is 2.83. The van der Waals surface area contributed by atoms with Crippen LogP contribution in [0.3, 0.4) is 0 Å². The van der Waals surface area contributed by atoms with Crippen molar-refractivity contribution in [3.05, 3.63) is 77.9 Å². The molecule has 0 amide bonds. The summed E-state index contributed by atoms with van der Waals surface area (Å²) in [5.74, 6) is 1.06. The van der Waals surface area contributed by atoms with Crippen molar-refractivity contribution in [3.8, 4) is 5.75 Å². The van der Waals surface area contributed by atoms with E-state index in [2.05, 4.69) is 23.6 Å². The van der Waals surface area contributed by atoms with Crippen LogP contribution in [0, 0.1) is 39.9 Å². The molecule has 6 heteroatoms. The van der Waals surface area contributed by atoms with Crippen LogP contribution in [0.15, 0.2) is 66.7 Å². The van der Waals surface area contributed by atoms with Gasteiger partial charge in [-0.2, -0.15) is 0 Å². The molecule has 2 aromatic rings. The molecule has 0 aromatic heterocycles. The van der Waals surface area contributed by atoms with Gasteiger partial charge in [0.25, 0.3) is 0 Å². The van der Waals surface area contributed by atoms with Crippen molar-refractivity contribution in [1.82, 2.24) is 4.90 Å². The van der Waals surface area contributed by atoms with Gasteiger partial charge in [0.2, 0.25) is 0 Å². The van der Waals surface area contributed by atoms with Crippen LogP contribution >= 0.6 is 0 Å². The van der Waals surface area contributed by atoms with Gasteiger partial charge < -0.3 is 14.6 Å². The number of benzene rings is 2. The van der Waals surface area contributed by atoms with E-state index in [0.29, 0.717) is 18.0 Å². The molecule has 9 atom stereocenters. The number of aliphatic hydroxyl groups is 1. The first-order valence-electron chi connectivity index (χ1n) is 15.3. The number of esters is 1. The van der Waals surface area contributed by atoms with E-state index in [-0.39, 0.29) is 46.5 Å². The molecule has 9 rings (SSSR count). The second kappa shape index (κ2) is 8.78. The lowest BCUT2D eigenvalue weighted by Gasteiger charge is -2.64. The number of fused-ring (bicyclic) bond motifs is 1. The zero-order chi connectivity index (χ0) is 28.1. The number of nitrogens with zero attached hydrogens (tertiary/aromatic N) is 1. The summed E-state index contributed by atoms with van der Waals surface area (Å²) < 4.78 is 11.5. The highest BCUT2D eigenvalue weighted by molar-refractivity contribution is 5.93. The molecular weight excluding hydrogens is 514 g/mol. The van der Waals surface area contributed by atoms with Gasteiger partial charge >= 0.3 is 5.97 Å². The van der Waals surface area contributed by atoms with Gasteiger partial charge in [-0.25, -0.2) is 4.79 Å². The van der Waals surface area contributed by atoms with Crippen LogP contribution in [-0.2, 0) is 16.1 Å². The molecule has 7 fully saturated rings. The van der Waals surface area contributed by atoms with Crippen molar-refractivity contribution >= 4 is 11.8 Å². The lowest BCUT2D eigenvalue weighted by atomic mass is 9.40. The molecule has 6 saturated carbocycles. The largest absolute Gasteiger partial charge is 0.497 e. The average molecular weight is 554 g/mol. The fraction of sp³-hybridized carbons (Fsp3) is 0.543. The Morgan fingerprint density at radius 3 is 2.63 bits per heavy atom. The van der Waals surface area contributed by atoms with Crippen LogP contribution < -0.4 is 4.74 Å². The van der Waals surface area contributed by atoms with E-state index in [1.807, 2.05) is 30.3 Å². The predicted molar refractivity (Wildman–Crippen MR) is 153 cm³/mol. The fourth-order valence-corrected chi connectivity index (χ4v) is 11.3. The summed E-state index contributed by atoms with van der Waals surface area (Å²) in [6.07, 6.45) is 4.73. The molecule has 6 aliphatic carbocycles. The molecule has 1 saturated heterocycles. The first-order chi connectivity index (χ1) is 19.8. The second-order valence-corrected chi connectivity index (χ2v) is 14.0. The minimum Gasteiger partial charge on any atom is -0.497 e. The Hall–Kier alpha value is -2.96.